The molecule has 0 spiro atoms. The van der Waals surface area contributed by atoms with Crippen LogP contribution in [0.4, 0.5) is 0 Å². The summed E-state index contributed by atoms with van der Waals surface area (Å²) < 4.78 is 25.4. The molecule has 216 valence electrons. The third-order valence-corrected chi connectivity index (χ3v) is 8.30. The number of pyridine rings is 2. The zero-order valence-electron chi connectivity index (χ0n) is 19.1. The van der Waals surface area contributed by atoms with Gasteiger partial charge in [-0.15, -0.1) is 0 Å². The summed E-state index contributed by atoms with van der Waals surface area (Å²) >= 11 is 6.43. The van der Waals surface area contributed by atoms with Gasteiger partial charge in [0, 0.05) is 66.3 Å². The first-order chi connectivity index (χ1) is 14.4. The topological polar surface area (TPSA) is 59.9 Å². The fraction of sp³-hybridized carbons (Fsp3) is 0.360. The number of hydrogen-bond donors (Lipinski definition) is 0. The zero-order valence-corrected chi connectivity index (χ0v) is 20.7. The van der Waals surface area contributed by atoms with E-state index in [1.165, 1.54) is 0 Å². The molecule has 0 aliphatic carbocycles. The lowest BCUT2D eigenvalue weighted by molar-refractivity contribution is 0.587. The molecule has 0 N–H and O–H groups in total. The lowest BCUT2D eigenvalue weighted by atomic mass is 9.94. The first-order valence-corrected chi connectivity index (χ1v) is 12.3. The van der Waals surface area contributed by atoms with Crippen LogP contribution in [0.3, 0.4) is 0 Å². The zero-order chi connectivity index (χ0) is 23.1. The standard InChI is InChI=1S/C25H29ClN2O2S.26H2/c1-14(2)24-17(6)11-20(12-27-24)25-23(18(7)21(26)13-28-25)19-8-9-22(16(5)10-19)31(29,30)15(3)4;;;;;;;;;;;;;;;;;;;;;;;;;;/h8-15H,1-7H3;26*1H. The van der Waals surface area contributed by atoms with Crippen LogP contribution in [0.1, 0.15) is 93.1 Å². The van der Waals surface area contributed by atoms with Crippen LogP contribution in [0.25, 0.3) is 22.4 Å². The molecule has 0 saturated carbocycles. The van der Waals surface area contributed by atoms with Gasteiger partial charge in [-0.25, -0.2) is 8.42 Å². The lowest BCUT2D eigenvalue weighted by Gasteiger charge is -2.17. The van der Waals surface area contributed by atoms with Gasteiger partial charge in [0.25, 0.3) is 0 Å². The van der Waals surface area contributed by atoms with E-state index in [0.29, 0.717) is 21.4 Å². The molecule has 3 rings (SSSR count). The van der Waals surface area contributed by atoms with Crippen LogP contribution in [-0.4, -0.2) is 23.6 Å². The van der Waals surface area contributed by atoms with Crippen molar-refractivity contribution in [1.82, 2.24) is 9.97 Å². The Labute approximate surface area is 229 Å². The summed E-state index contributed by atoms with van der Waals surface area (Å²) in [6.07, 6.45) is 3.51. The molecule has 2 heterocycles. The molecule has 3 aromatic rings. The molecule has 0 aliphatic rings. The molecule has 0 aliphatic heterocycles. The van der Waals surface area contributed by atoms with Crippen molar-refractivity contribution in [3.05, 3.63) is 64.1 Å². The number of aromatic nitrogens is 2. The molecule has 0 atom stereocenters. The fourth-order valence-electron chi connectivity index (χ4n) is 3.85. The van der Waals surface area contributed by atoms with Gasteiger partial charge in [0.2, 0.25) is 0 Å². The Bertz CT molecular complexity index is 1310. The summed E-state index contributed by atoms with van der Waals surface area (Å²) in [7, 11) is -3.36. The summed E-state index contributed by atoms with van der Waals surface area (Å²) in [6, 6.07) is 7.54. The van der Waals surface area contributed by atoms with Crippen molar-refractivity contribution in [2.75, 3.05) is 0 Å². The monoisotopic (exact) mass is 509 g/mol. The van der Waals surface area contributed by atoms with Crippen LogP contribution >= 0.6 is 11.6 Å². The predicted octanol–water partition coefficient (Wildman–Crippen LogP) is 13.1. The highest BCUT2D eigenvalue weighted by atomic mass is 35.5. The average Bonchev–Trinajstić information content (AvgIpc) is 2.69. The molecule has 2 aromatic heterocycles. The maximum Gasteiger partial charge on any atom is 0.180 e. The van der Waals surface area contributed by atoms with Crippen molar-refractivity contribution in [3.8, 4) is 22.4 Å². The summed E-state index contributed by atoms with van der Waals surface area (Å²) in [4.78, 5) is 9.67. The molecule has 0 saturated heterocycles. The molecular weight excluding hydrogens is 428 g/mol. The van der Waals surface area contributed by atoms with Crippen molar-refractivity contribution in [3.63, 3.8) is 0 Å². The molecule has 0 fully saturated rings. The number of halogens is 1. The second kappa shape index (κ2) is 8.71. The van der Waals surface area contributed by atoms with Gasteiger partial charge >= 0.3 is 0 Å². The summed E-state index contributed by atoms with van der Waals surface area (Å²) in [5.74, 6) is 0.339. The van der Waals surface area contributed by atoms with E-state index in [9.17, 15) is 8.42 Å². The van der Waals surface area contributed by atoms with E-state index >= 15 is 0 Å². The number of nitrogens with zero attached hydrogens (tertiary/aromatic N) is 2. The van der Waals surface area contributed by atoms with Crippen molar-refractivity contribution >= 4 is 21.4 Å². The van der Waals surface area contributed by atoms with Crippen LogP contribution in [0, 0.1) is 20.8 Å². The highest BCUT2D eigenvalue weighted by molar-refractivity contribution is 7.92. The minimum atomic E-state index is -3.36. The van der Waals surface area contributed by atoms with Gasteiger partial charge in [0.1, 0.15) is 0 Å². The van der Waals surface area contributed by atoms with E-state index in [2.05, 4.69) is 36.8 Å². The van der Waals surface area contributed by atoms with Crippen molar-refractivity contribution in [1.29, 1.82) is 0 Å². The van der Waals surface area contributed by atoms with Crippen LogP contribution < -0.4 is 0 Å². The fourth-order valence-corrected chi connectivity index (χ4v) is 5.27. The highest BCUT2D eigenvalue weighted by Gasteiger charge is 2.23. The van der Waals surface area contributed by atoms with Crippen LogP contribution in [-0.2, 0) is 9.84 Å². The minimum Gasteiger partial charge on any atom is -0.260 e. The van der Waals surface area contributed by atoms with E-state index in [4.69, 9.17) is 11.6 Å². The predicted molar refractivity (Wildman–Crippen MR) is 183 cm³/mol. The normalized spacial score (nSPS) is 12.1. The van der Waals surface area contributed by atoms with Crippen LogP contribution in [0.2, 0.25) is 5.02 Å². The summed E-state index contributed by atoms with van der Waals surface area (Å²) in [5, 5.41) is 0.0921. The van der Waals surface area contributed by atoms with Gasteiger partial charge in [0.15, 0.2) is 9.84 Å². The van der Waals surface area contributed by atoms with Crippen molar-refractivity contribution in [2.45, 2.75) is 64.5 Å². The van der Waals surface area contributed by atoms with Gasteiger partial charge in [-0.3, -0.25) is 9.97 Å². The number of sulfone groups is 1. The summed E-state index contributed by atoms with van der Waals surface area (Å²) in [5.41, 5.74) is 7.25. The van der Waals surface area contributed by atoms with Crippen molar-refractivity contribution in [2.24, 2.45) is 0 Å². The molecule has 0 amide bonds. The largest absolute Gasteiger partial charge is 0.260 e. The second-order valence-corrected chi connectivity index (χ2v) is 11.5. The van der Waals surface area contributed by atoms with E-state index < -0.39 is 15.1 Å². The molecule has 0 radical (unpaired) electrons. The number of benzene rings is 1. The second-order valence-electron chi connectivity index (χ2n) is 8.61. The Hall–Kier alpha value is -2.24. The molecule has 4 nitrogen and oxygen atoms in total. The lowest BCUT2D eigenvalue weighted by Crippen LogP contribution is -2.15. The quantitative estimate of drug-likeness (QED) is 0.343. The Morgan fingerprint density at radius 3 is 2.10 bits per heavy atom. The van der Waals surface area contributed by atoms with Gasteiger partial charge in [-0.2, -0.15) is 0 Å². The smallest absolute Gasteiger partial charge is 0.180 e. The maximum absolute atomic E-state index is 12.7. The minimum absolute atomic E-state index is 0. The SMILES string of the molecule is Cc1cc(-c2c(-c3cnc(C(C)C)c(C)c3)ncc(Cl)c2C)ccc1S(=O)(=O)C(C)C.[HH].[HH].[HH].[HH].[HH].[HH].[HH].[HH].[HH].[HH].[HH].[HH].[HH].[HH].[HH].[HH].[HH].[HH].[HH].[HH].[HH].[HH].[HH].[HH].[HH].[HH]. The van der Waals surface area contributed by atoms with E-state index in [-0.39, 0.29) is 37.1 Å². The number of aryl methyl sites for hydroxylation is 2. The van der Waals surface area contributed by atoms with E-state index in [1.54, 1.807) is 26.1 Å². The van der Waals surface area contributed by atoms with Gasteiger partial charge in [-0.05, 0) is 74.9 Å². The molecule has 31 heavy (non-hydrogen) atoms. The van der Waals surface area contributed by atoms with E-state index in [1.807, 2.05) is 32.2 Å². The van der Waals surface area contributed by atoms with Crippen LogP contribution in [0.5, 0.6) is 0 Å². The molecule has 6 heteroatoms. The Balaban J connectivity index is -0.0000000190. The van der Waals surface area contributed by atoms with Gasteiger partial charge < -0.3 is 0 Å². The number of rotatable bonds is 5. The molecule has 0 bridgehead atoms. The molecule has 0 unspecified atom stereocenters. The van der Waals surface area contributed by atoms with Gasteiger partial charge in [-0.1, -0.05) is 37.6 Å². The Morgan fingerprint density at radius 1 is 0.903 bits per heavy atom. The Kier molecular flexibility index (Phi) is 6.59. The third kappa shape index (κ3) is 4.39. The Morgan fingerprint density at radius 2 is 1.55 bits per heavy atom. The van der Waals surface area contributed by atoms with E-state index in [0.717, 1.165) is 39.2 Å². The van der Waals surface area contributed by atoms with Crippen molar-refractivity contribution < 1.29 is 45.5 Å². The highest BCUT2D eigenvalue weighted by Crippen LogP contribution is 2.38. The third-order valence-electron chi connectivity index (χ3n) is 5.61. The summed E-state index contributed by atoms with van der Waals surface area (Å²) in [6.45, 7) is 13.5. The maximum atomic E-state index is 12.7. The first kappa shape index (κ1) is 23.4. The molecule has 1 aromatic carbocycles. The number of hydrogen-bond acceptors (Lipinski definition) is 4. The average molecular weight is 509 g/mol. The van der Waals surface area contributed by atoms with Gasteiger partial charge in [0.05, 0.1) is 20.9 Å². The molecular formula is C25H81ClN2O2S. The first-order valence-electron chi connectivity index (χ1n) is 10.4. The van der Waals surface area contributed by atoms with Crippen LogP contribution in [0.15, 0.2) is 41.6 Å².